The molecule has 14 heavy (non-hydrogen) atoms. The van der Waals surface area contributed by atoms with Gasteiger partial charge in [0.25, 0.3) is 0 Å². The van der Waals surface area contributed by atoms with E-state index in [1.165, 1.54) is 5.56 Å². The average molecular weight is 196 g/mol. The molecule has 0 saturated carbocycles. The number of aromatic nitrogens is 1. The van der Waals surface area contributed by atoms with Crippen molar-refractivity contribution in [2.45, 2.75) is 26.4 Å². The lowest BCUT2D eigenvalue weighted by Crippen LogP contribution is -2.22. The van der Waals surface area contributed by atoms with Crippen LogP contribution in [-0.4, -0.2) is 24.8 Å². The first-order chi connectivity index (χ1) is 6.77. The van der Waals surface area contributed by atoms with Gasteiger partial charge in [-0.1, -0.05) is 0 Å². The Morgan fingerprint density at radius 2 is 2.36 bits per heavy atom. The second kappa shape index (κ2) is 5.83. The molecule has 0 saturated heterocycles. The van der Waals surface area contributed by atoms with Gasteiger partial charge < -0.3 is 14.6 Å². The summed E-state index contributed by atoms with van der Waals surface area (Å²) in [6.07, 6.45) is 4.30. The summed E-state index contributed by atoms with van der Waals surface area (Å²) in [7, 11) is 1.72. The zero-order valence-electron chi connectivity index (χ0n) is 9.29. The van der Waals surface area contributed by atoms with E-state index in [-0.39, 0.29) is 0 Å². The van der Waals surface area contributed by atoms with Crippen LogP contribution in [0.3, 0.4) is 0 Å². The van der Waals surface area contributed by atoms with Gasteiger partial charge in [0.15, 0.2) is 0 Å². The van der Waals surface area contributed by atoms with Crippen molar-refractivity contribution in [3.8, 4) is 0 Å². The summed E-state index contributed by atoms with van der Waals surface area (Å²) in [6.45, 7) is 7.01. The maximum absolute atomic E-state index is 4.99. The van der Waals surface area contributed by atoms with Gasteiger partial charge in [0.2, 0.25) is 0 Å². The Morgan fingerprint density at radius 1 is 1.57 bits per heavy atom. The molecule has 0 aliphatic carbocycles. The fourth-order valence-corrected chi connectivity index (χ4v) is 1.41. The molecule has 1 atom stereocenters. The molecule has 0 aromatic carbocycles. The third kappa shape index (κ3) is 3.16. The van der Waals surface area contributed by atoms with Crippen LogP contribution in [0.1, 0.15) is 25.5 Å². The summed E-state index contributed by atoms with van der Waals surface area (Å²) in [5.74, 6) is 0. The summed E-state index contributed by atoms with van der Waals surface area (Å²) in [5.41, 5.74) is 1.34. The second-order valence-electron chi connectivity index (χ2n) is 3.44. The lowest BCUT2D eigenvalue weighted by atomic mass is 10.2. The van der Waals surface area contributed by atoms with Gasteiger partial charge in [0.05, 0.1) is 6.61 Å². The van der Waals surface area contributed by atoms with E-state index in [0.717, 1.165) is 19.7 Å². The molecule has 80 valence electrons. The van der Waals surface area contributed by atoms with Gasteiger partial charge in [0.1, 0.15) is 0 Å². The van der Waals surface area contributed by atoms with E-state index in [4.69, 9.17) is 4.74 Å². The number of hydrogen-bond acceptors (Lipinski definition) is 2. The van der Waals surface area contributed by atoms with Crippen LogP contribution < -0.4 is 5.32 Å². The first kappa shape index (κ1) is 11.3. The molecule has 0 fully saturated rings. The molecule has 0 spiro atoms. The molecule has 0 aliphatic heterocycles. The molecule has 1 heterocycles. The summed E-state index contributed by atoms with van der Waals surface area (Å²) < 4.78 is 7.17. The minimum Gasteiger partial charge on any atom is -0.383 e. The van der Waals surface area contributed by atoms with E-state index in [1.54, 1.807) is 7.11 Å². The highest BCUT2D eigenvalue weighted by atomic mass is 16.5. The standard InChI is InChI=1S/C11H20N2O/c1-4-13-7-5-11(9-13)10(2)12-6-8-14-3/h5,7,9-10,12H,4,6,8H2,1-3H3/t10-/m0/s1. The highest BCUT2D eigenvalue weighted by Gasteiger charge is 2.04. The zero-order valence-corrected chi connectivity index (χ0v) is 9.29. The maximum Gasteiger partial charge on any atom is 0.0587 e. The highest BCUT2D eigenvalue weighted by Crippen LogP contribution is 2.11. The minimum atomic E-state index is 0.401. The summed E-state index contributed by atoms with van der Waals surface area (Å²) in [6, 6.07) is 2.56. The fourth-order valence-electron chi connectivity index (χ4n) is 1.41. The number of ether oxygens (including phenoxy) is 1. The number of methoxy groups -OCH3 is 1. The van der Waals surface area contributed by atoms with Gasteiger partial charge in [-0.3, -0.25) is 0 Å². The number of rotatable bonds is 6. The van der Waals surface area contributed by atoms with Crippen LogP contribution in [0.25, 0.3) is 0 Å². The van der Waals surface area contributed by atoms with Crippen LogP contribution >= 0.6 is 0 Å². The Labute approximate surface area is 86.1 Å². The molecule has 1 aromatic rings. The smallest absolute Gasteiger partial charge is 0.0587 e. The number of aryl methyl sites for hydroxylation is 1. The normalized spacial score (nSPS) is 13.1. The van der Waals surface area contributed by atoms with E-state index < -0.39 is 0 Å². The third-order valence-corrected chi connectivity index (χ3v) is 2.40. The maximum atomic E-state index is 4.99. The molecule has 0 bridgehead atoms. The van der Waals surface area contributed by atoms with E-state index in [2.05, 4.69) is 42.2 Å². The number of hydrogen-bond donors (Lipinski definition) is 1. The van der Waals surface area contributed by atoms with Crippen LogP contribution in [0.4, 0.5) is 0 Å². The van der Waals surface area contributed by atoms with Crippen molar-refractivity contribution in [3.63, 3.8) is 0 Å². The predicted octanol–water partition coefficient (Wildman–Crippen LogP) is 1.80. The number of nitrogens with zero attached hydrogens (tertiary/aromatic N) is 1. The molecule has 0 amide bonds. The second-order valence-corrected chi connectivity index (χ2v) is 3.44. The number of nitrogens with one attached hydrogen (secondary N) is 1. The molecule has 1 rings (SSSR count). The molecule has 1 N–H and O–H groups in total. The summed E-state index contributed by atoms with van der Waals surface area (Å²) in [4.78, 5) is 0. The van der Waals surface area contributed by atoms with Crippen molar-refractivity contribution < 1.29 is 4.74 Å². The van der Waals surface area contributed by atoms with Gasteiger partial charge in [-0.05, 0) is 25.5 Å². The average Bonchev–Trinajstić information content (AvgIpc) is 2.66. The fraction of sp³-hybridized carbons (Fsp3) is 0.636. The molecular formula is C11H20N2O. The van der Waals surface area contributed by atoms with Crippen LogP contribution in [0.5, 0.6) is 0 Å². The quantitative estimate of drug-likeness (QED) is 0.702. The Balaban J connectivity index is 2.39. The Bertz CT molecular complexity index is 258. The SMILES string of the molecule is CCn1ccc([C@H](C)NCCOC)c1. The summed E-state index contributed by atoms with van der Waals surface area (Å²) >= 11 is 0. The van der Waals surface area contributed by atoms with Crippen LogP contribution in [0, 0.1) is 0 Å². The molecule has 3 nitrogen and oxygen atoms in total. The third-order valence-electron chi connectivity index (χ3n) is 2.40. The van der Waals surface area contributed by atoms with Gasteiger partial charge in [-0.2, -0.15) is 0 Å². The lowest BCUT2D eigenvalue weighted by Gasteiger charge is -2.11. The van der Waals surface area contributed by atoms with Crippen LogP contribution in [0.15, 0.2) is 18.5 Å². The van der Waals surface area contributed by atoms with Crippen molar-refractivity contribution in [2.75, 3.05) is 20.3 Å². The van der Waals surface area contributed by atoms with Crippen molar-refractivity contribution in [1.82, 2.24) is 9.88 Å². The van der Waals surface area contributed by atoms with Gasteiger partial charge in [-0.25, -0.2) is 0 Å². The largest absolute Gasteiger partial charge is 0.383 e. The predicted molar refractivity (Wildman–Crippen MR) is 58.4 cm³/mol. The van der Waals surface area contributed by atoms with Crippen molar-refractivity contribution >= 4 is 0 Å². The highest BCUT2D eigenvalue weighted by molar-refractivity contribution is 5.14. The van der Waals surface area contributed by atoms with Crippen LogP contribution in [0.2, 0.25) is 0 Å². The topological polar surface area (TPSA) is 26.2 Å². The lowest BCUT2D eigenvalue weighted by molar-refractivity contribution is 0.196. The molecule has 0 aliphatic rings. The molecule has 0 radical (unpaired) electrons. The Hall–Kier alpha value is -0.800. The zero-order chi connectivity index (χ0) is 10.4. The minimum absolute atomic E-state index is 0.401. The van der Waals surface area contributed by atoms with Gasteiger partial charge in [-0.15, -0.1) is 0 Å². The Morgan fingerprint density at radius 3 is 2.93 bits per heavy atom. The molecule has 3 heteroatoms. The van der Waals surface area contributed by atoms with E-state index in [0.29, 0.717) is 6.04 Å². The Kier molecular flexibility index (Phi) is 4.70. The summed E-state index contributed by atoms with van der Waals surface area (Å²) in [5, 5.41) is 3.40. The molecule has 1 aromatic heterocycles. The first-order valence-corrected chi connectivity index (χ1v) is 5.16. The van der Waals surface area contributed by atoms with Gasteiger partial charge >= 0.3 is 0 Å². The van der Waals surface area contributed by atoms with Gasteiger partial charge in [0, 0.05) is 38.6 Å². The molecular weight excluding hydrogens is 176 g/mol. The van der Waals surface area contributed by atoms with Crippen LogP contribution in [-0.2, 0) is 11.3 Å². The van der Waals surface area contributed by atoms with Crippen molar-refractivity contribution in [2.24, 2.45) is 0 Å². The van der Waals surface area contributed by atoms with Crippen molar-refractivity contribution in [3.05, 3.63) is 24.0 Å². The first-order valence-electron chi connectivity index (χ1n) is 5.16. The van der Waals surface area contributed by atoms with Crippen molar-refractivity contribution in [1.29, 1.82) is 0 Å². The van der Waals surface area contributed by atoms with E-state index >= 15 is 0 Å². The van der Waals surface area contributed by atoms with E-state index in [9.17, 15) is 0 Å². The monoisotopic (exact) mass is 196 g/mol. The van der Waals surface area contributed by atoms with E-state index in [1.807, 2.05) is 0 Å². The molecule has 0 unspecified atom stereocenters.